The molecule has 0 amide bonds. The molecule has 1 aliphatic heterocycles. The maximum atomic E-state index is 13.8. The van der Waals surface area contributed by atoms with Crippen LogP contribution in [0.25, 0.3) is 0 Å². The third-order valence-corrected chi connectivity index (χ3v) is 11.6. The Morgan fingerprint density at radius 3 is 1.87 bits per heavy atom. The zero-order valence-corrected chi connectivity index (χ0v) is 33.9. The van der Waals surface area contributed by atoms with Crippen molar-refractivity contribution in [2.24, 2.45) is 45.9 Å². The van der Waals surface area contributed by atoms with Crippen LogP contribution in [0, 0.1) is 40.9 Å². The smallest absolute Gasteiger partial charge is 0.332 e. The molecule has 0 spiro atoms. The summed E-state index contributed by atoms with van der Waals surface area (Å²) in [4.78, 5) is 49.2. The fourth-order valence-corrected chi connectivity index (χ4v) is 8.04. The maximum Gasteiger partial charge on any atom is 0.332 e. The average molecular weight is 763 g/mol. The maximum absolute atomic E-state index is 13.8. The molecule has 0 radical (unpaired) electrons. The first-order chi connectivity index (χ1) is 26.3. The topological polar surface area (TPSA) is 132 Å². The van der Waals surface area contributed by atoms with Crippen molar-refractivity contribution >= 4 is 23.8 Å². The predicted molar refractivity (Wildman–Crippen MR) is 208 cm³/mol. The molecule has 2 aliphatic carbocycles. The van der Waals surface area contributed by atoms with E-state index in [1.165, 1.54) is 0 Å². The van der Waals surface area contributed by atoms with E-state index in [2.05, 4.69) is 46.5 Å². The summed E-state index contributed by atoms with van der Waals surface area (Å²) in [7, 11) is 0. The second-order valence-corrected chi connectivity index (χ2v) is 17.0. The molecular formula is C44H62N2O9. The van der Waals surface area contributed by atoms with Gasteiger partial charge in [0.25, 0.3) is 0 Å². The van der Waals surface area contributed by atoms with Gasteiger partial charge in [0.2, 0.25) is 5.90 Å². The van der Waals surface area contributed by atoms with E-state index in [9.17, 15) is 14.4 Å². The molecule has 1 aromatic carbocycles. The van der Waals surface area contributed by atoms with Crippen LogP contribution in [0.1, 0.15) is 110 Å². The van der Waals surface area contributed by atoms with Gasteiger partial charge in [-0.15, -0.1) is 0 Å². The van der Waals surface area contributed by atoms with Crippen LogP contribution in [0.4, 0.5) is 0 Å². The standard InChI is InChI=1S/C44H62N2O9/c1-28(2)34-18-16-30(5)20-38(34)50-24-40(47)54-26-44(7,27-55-41(48)25-51-39-21-31(6)17-19-35(39)29(3)4)43(49)53-22-33-14-11-15-36(45-33)42-46-37(23-52-42)32-12-9-8-10-13-32/h8-15,28-31,34-35,37-39H,16-27H2,1-7H3/t30-,31-,34+,35+,37-,38-,39-/m1/s1. The van der Waals surface area contributed by atoms with Crippen molar-refractivity contribution in [2.75, 3.05) is 33.0 Å². The number of carbonyl (C=O) groups is 3. The predicted octanol–water partition coefficient (Wildman–Crippen LogP) is 7.69. The number of aromatic nitrogens is 1. The van der Waals surface area contributed by atoms with Crippen LogP contribution >= 0.6 is 0 Å². The summed E-state index contributed by atoms with van der Waals surface area (Å²) in [5.74, 6) is 1.15. The number of hydrogen-bond acceptors (Lipinski definition) is 11. The number of aliphatic imine (C=N–C) groups is 1. The number of ether oxygens (including phenoxy) is 6. The third kappa shape index (κ3) is 12.1. The Morgan fingerprint density at radius 2 is 1.33 bits per heavy atom. The minimum Gasteiger partial charge on any atom is -0.474 e. The van der Waals surface area contributed by atoms with E-state index >= 15 is 0 Å². The minimum absolute atomic E-state index is 0.0378. The molecule has 2 aromatic rings. The van der Waals surface area contributed by atoms with Crippen molar-refractivity contribution in [1.29, 1.82) is 0 Å². The Bertz CT molecular complexity index is 1540. The molecule has 2 heterocycles. The Balaban J connectivity index is 1.21. The van der Waals surface area contributed by atoms with Crippen LogP contribution in [0.3, 0.4) is 0 Å². The van der Waals surface area contributed by atoms with Gasteiger partial charge in [0.1, 0.15) is 56.8 Å². The van der Waals surface area contributed by atoms with E-state index in [-0.39, 0.29) is 51.3 Å². The molecule has 11 nitrogen and oxygen atoms in total. The van der Waals surface area contributed by atoms with E-state index in [0.29, 0.717) is 59.4 Å². The van der Waals surface area contributed by atoms with Crippen LogP contribution in [0.5, 0.6) is 0 Å². The molecule has 2 fully saturated rings. The number of carbonyl (C=O) groups excluding carboxylic acids is 3. The number of esters is 3. The summed E-state index contributed by atoms with van der Waals surface area (Å²) in [5.41, 5.74) is 0.538. The van der Waals surface area contributed by atoms with Gasteiger partial charge in [0, 0.05) is 0 Å². The van der Waals surface area contributed by atoms with Gasteiger partial charge in [-0.25, -0.2) is 19.6 Å². The van der Waals surface area contributed by atoms with Gasteiger partial charge < -0.3 is 28.4 Å². The molecule has 1 aromatic heterocycles. The van der Waals surface area contributed by atoms with Crippen molar-refractivity contribution < 1.29 is 42.8 Å². The highest BCUT2D eigenvalue weighted by molar-refractivity contribution is 5.93. The monoisotopic (exact) mass is 762 g/mol. The Hall–Kier alpha value is -3.83. The van der Waals surface area contributed by atoms with E-state index in [1.54, 1.807) is 25.1 Å². The fraction of sp³-hybridized carbons (Fsp3) is 0.659. The van der Waals surface area contributed by atoms with E-state index in [1.807, 2.05) is 30.3 Å². The van der Waals surface area contributed by atoms with Gasteiger partial charge in [0.15, 0.2) is 0 Å². The summed E-state index contributed by atoms with van der Waals surface area (Å²) in [6, 6.07) is 15.1. The zero-order valence-electron chi connectivity index (χ0n) is 33.9. The molecule has 3 aliphatic rings. The molecular weight excluding hydrogens is 700 g/mol. The largest absolute Gasteiger partial charge is 0.474 e. The second kappa shape index (κ2) is 19.9. The average Bonchev–Trinajstić information content (AvgIpc) is 3.68. The lowest BCUT2D eigenvalue weighted by molar-refractivity contribution is -0.176. The lowest BCUT2D eigenvalue weighted by atomic mass is 9.75. The first-order valence-corrected chi connectivity index (χ1v) is 20.2. The minimum atomic E-state index is -1.51. The van der Waals surface area contributed by atoms with Gasteiger partial charge in [-0.1, -0.05) is 90.8 Å². The van der Waals surface area contributed by atoms with Gasteiger partial charge in [-0.3, -0.25) is 4.79 Å². The SMILES string of the molecule is CC(C)[C@@H]1CC[C@@H](C)C[C@H]1OCC(=O)OCC(C)(COC(=O)CO[C@@H]1C[C@H](C)CC[C@H]1C(C)C)C(=O)OCc1cccc(C2=N[C@@H](c3ccccc3)CO2)n1. The zero-order chi connectivity index (χ0) is 39.5. The highest BCUT2D eigenvalue weighted by atomic mass is 16.6. The molecule has 55 heavy (non-hydrogen) atoms. The van der Waals surface area contributed by atoms with E-state index in [0.717, 1.165) is 44.1 Å². The van der Waals surface area contributed by atoms with Crippen molar-refractivity contribution in [3.63, 3.8) is 0 Å². The van der Waals surface area contributed by atoms with Crippen molar-refractivity contribution in [2.45, 2.75) is 112 Å². The lowest BCUT2D eigenvalue weighted by Crippen LogP contribution is -2.42. The highest BCUT2D eigenvalue weighted by Gasteiger charge is 2.40. The van der Waals surface area contributed by atoms with Crippen molar-refractivity contribution in [3.8, 4) is 0 Å². The number of hydrogen-bond donors (Lipinski definition) is 0. The van der Waals surface area contributed by atoms with Gasteiger partial charge in [-0.2, -0.15) is 0 Å². The number of pyridine rings is 1. The number of rotatable bonds is 17. The molecule has 7 atom stereocenters. The third-order valence-electron chi connectivity index (χ3n) is 11.6. The lowest BCUT2D eigenvalue weighted by Gasteiger charge is -2.37. The fourth-order valence-electron chi connectivity index (χ4n) is 8.04. The summed E-state index contributed by atoms with van der Waals surface area (Å²) >= 11 is 0. The van der Waals surface area contributed by atoms with Crippen LogP contribution in [0.2, 0.25) is 0 Å². The van der Waals surface area contributed by atoms with Gasteiger partial charge >= 0.3 is 17.9 Å². The molecule has 0 bridgehead atoms. The quantitative estimate of drug-likeness (QED) is 0.117. The van der Waals surface area contributed by atoms with Crippen LogP contribution in [-0.2, 0) is 49.4 Å². The number of nitrogens with zero attached hydrogens (tertiary/aromatic N) is 2. The van der Waals surface area contributed by atoms with Crippen molar-refractivity contribution in [1.82, 2.24) is 4.98 Å². The Labute approximate surface area is 327 Å². The summed E-state index contributed by atoms with van der Waals surface area (Å²) in [6.07, 6.45) is 6.11. The van der Waals surface area contributed by atoms with Crippen molar-refractivity contribution in [3.05, 3.63) is 65.5 Å². The van der Waals surface area contributed by atoms with E-state index in [4.69, 9.17) is 33.4 Å². The second-order valence-electron chi connectivity index (χ2n) is 17.0. The Kier molecular flexibility index (Phi) is 15.3. The molecule has 2 saturated carbocycles. The molecule has 302 valence electrons. The normalized spacial score (nSPS) is 25.6. The molecule has 11 heteroatoms. The van der Waals surface area contributed by atoms with E-state index < -0.39 is 23.3 Å². The summed E-state index contributed by atoms with van der Waals surface area (Å²) in [6.45, 7) is 13.7. The molecule has 0 saturated heterocycles. The number of benzene rings is 1. The Morgan fingerprint density at radius 1 is 0.764 bits per heavy atom. The van der Waals surface area contributed by atoms with Crippen LogP contribution in [-0.4, -0.2) is 74.0 Å². The molecule has 0 unspecified atom stereocenters. The van der Waals surface area contributed by atoms with Gasteiger partial charge in [-0.05, 0) is 85.8 Å². The van der Waals surface area contributed by atoms with Crippen LogP contribution < -0.4 is 0 Å². The highest BCUT2D eigenvalue weighted by Crippen LogP contribution is 2.36. The first-order valence-electron chi connectivity index (χ1n) is 20.2. The summed E-state index contributed by atoms with van der Waals surface area (Å²) < 4.78 is 35.1. The molecule has 0 N–H and O–H groups in total. The first kappa shape index (κ1) is 42.3. The molecule has 5 rings (SSSR count). The summed E-state index contributed by atoms with van der Waals surface area (Å²) in [5, 5.41) is 0. The van der Waals surface area contributed by atoms with Crippen LogP contribution in [0.15, 0.2) is 53.5 Å². The van der Waals surface area contributed by atoms with Gasteiger partial charge in [0.05, 0.1) is 17.9 Å².